The molecule has 3 aromatic rings. The van der Waals surface area contributed by atoms with Gasteiger partial charge >= 0.3 is 0 Å². The Bertz CT molecular complexity index is 1060. The summed E-state index contributed by atoms with van der Waals surface area (Å²) in [5.74, 6) is 1.38. The maximum Gasteiger partial charge on any atom is 0.215 e. The molecule has 0 bridgehead atoms. The van der Waals surface area contributed by atoms with E-state index < -0.39 is 10.0 Å². The van der Waals surface area contributed by atoms with Crippen molar-refractivity contribution in [2.75, 3.05) is 14.1 Å². The predicted octanol–water partition coefficient (Wildman–Crippen LogP) is 0.644. The SMILES string of the molecule is CN=C(NCc1ccc(CS(=O)(=O)NC)cc1)NCc1nnc2ccccn12. The molecule has 0 aliphatic heterocycles. The van der Waals surface area contributed by atoms with Gasteiger partial charge in [0.15, 0.2) is 17.4 Å². The molecule has 0 saturated carbocycles. The van der Waals surface area contributed by atoms with Crippen molar-refractivity contribution in [2.45, 2.75) is 18.8 Å². The van der Waals surface area contributed by atoms with Crippen LogP contribution in [0.5, 0.6) is 0 Å². The fourth-order valence-corrected chi connectivity index (χ4v) is 3.40. The van der Waals surface area contributed by atoms with Crippen molar-refractivity contribution in [3.05, 3.63) is 65.6 Å². The number of aromatic nitrogens is 3. The van der Waals surface area contributed by atoms with E-state index in [0.29, 0.717) is 19.0 Å². The van der Waals surface area contributed by atoms with Gasteiger partial charge < -0.3 is 10.6 Å². The van der Waals surface area contributed by atoms with Crippen LogP contribution < -0.4 is 15.4 Å². The molecule has 0 unspecified atom stereocenters. The van der Waals surface area contributed by atoms with Crippen LogP contribution in [-0.4, -0.2) is 43.1 Å². The molecule has 2 heterocycles. The van der Waals surface area contributed by atoms with Crippen molar-refractivity contribution in [3.8, 4) is 0 Å². The fourth-order valence-electron chi connectivity index (χ4n) is 2.63. The molecule has 0 atom stereocenters. The van der Waals surface area contributed by atoms with Gasteiger partial charge in [0.2, 0.25) is 10.0 Å². The molecular weight excluding hydrogens is 378 g/mol. The largest absolute Gasteiger partial charge is 0.352 e. The lowest BCUT2D eigenvalue weighted by molar-refractivity contribution is 0.587. The lowest BCUT2D eigenvalue weighted by atomic mass is 10.1. The molecule has 148 valence electrons. The van der Waals surface area contributed by atoms with Crippen LogP contribution in [0.4, 0.5) is 0 Å². The summed E-state index contributed by atoms with van der Waals surface area (Å²) in [6.45, 7) is 1.03. The summed E-state index contributed by atoms with van der Waals surface area (Å²) in [6, 6.07) is 13.2. The Kier molecular flexibility index (Phi) is 6.22. The van der Waals surface area contributed by atoms with Crippen LogP contribution in [0.3, 0.4) is 0 Å². The minimum Gasteiger partial charge on any atom is -0.352 e. The van der Waals surface area contributed by atoms with Gasteiger partial charge in [-0.1, -0.05) is 30.3 Å². The van der Waals surface area contributed by atoms with E-state index in [1.807, 2.05) is 53.1 Å². The van der Waals surface area contributed by atoms with E-state index in [4.69, 9.17) is 0 Å². The number of guanidine groups is 1. The Morgan fingerprint density at radius 1 is 1.04 bits per heavy atom. The van der Waals surface area contributed by atoms with Gasteiger partial charge in [-0.2, -0.15) is 0 Å². The van der Waals surface area contributed by atoms with Crippen molar-refractivity contribution in [3.63, 3.8) is 0 Å². The van der Waals surface area contributed by atoms with E-state index >= 15 is 0 Å². The predicted molar refractivity (Wildman–Crippen MR) is 108 cm³/mol. The van der Waals surface area contributed by atoms with E-state index in [-0.39, 0.29) is 5.75 Å². The molecule has 10 heteroatoms. The first-order valence-corrected chi connectivity index (χ1v) is 10.4. The number of hydrogen-bond acceptors (Lipinski definition) is 5. The Labute approximate surface area is 164 Å². The average molecular weight is 401 g/mol. The fraction of sp³-hybridized carbons (Fsp3) is 0.278. The quantitative estimate of drug-likeness (QED) is 0.396. The summed E-state index contributed by atoms with van der Waals surface area (Å²) >= 11 is 0. The minimum absolute atomic E-state index is 0.0350. The highest BCUT2D eigenvalue weighted by Crippen LogP contribution is 2.08. The lowest BCUT2D eigenvalue weighted by Gasteiger charge is -2.12. The highest BCUT2D eigenvalue weighted by atomic mass is 32.2. The zero-order chi connectivity index (χ0) is 20.0. The summed E-state index contributed by atoms with van der Waals surface area (Å²) < 4.78 is 27.4. The maximum absolute atomic E-state index is 11.6. The van der Waals surface area contributed by atoms with Gasteiger partial charge in [-0.3, -0.25) is 9.39 Å². The summed E-state index contributed by atoms with van der Waals surface area (Å²) in [7, 11) is -0.159. The molecule has 3 N–H and O–H groups in total. The number of nitrogens with one attached hydrogen (secondary N) is 3. The van der Waals surface area contributed by atoms with Crippen LogP contribution in [0.25, 0.3) is 5.65 Å². The molecule has 0 radical (unpaired) electrons. The minimum atomic E-state index is -3.27. The number of nitrogens with zero attached hydrogens (tertiary/aromatic N) is 4. The molecule has 0 spiro atoms. The summed E-state index contributed by atoms with van der Waals surface area (Å²) in [5, 5.41) is 14.7. The molecular formula is C18H23N7O2S. The Morgan fingerprint density at radius 2 is 1.75 bits per heavy atom. The van der Waals surface area contributed by atoms with Crippen molar-refractivity contribution in [2.24, 2.45) is 4.99 Å². The Hall–Kier alpha value is -2.98. The Morgan fingerprint density at radius 3 is 2.46 bits per heavy atom. The van der Waals surface area contributed by atoms with Crippen molar-refractivity contribution in [1.82, 2.24) is 30.0 Å². The smallest absolute Gasteiger partial charge is 0.215 e. The van der Waals surface area contributed by atoms with Gasteiger partial charge in [-0.05, 0) is 30.3 Å². The van der Waals surface area contributed by atoms with E-state index in [2.05, 4.69) is 30.5 Å². The van der Waals surface area contributed by atoms with Gasteiger partial charge in [0.25, 0.3) is 0 Å². The first-order chi connectivity index (χ1) is 13.5. The van der Waals surface area contributed by atoms with E-state index in [1.54, 1.807) is 7.05 Å². The van der Waals surface area contributed by atoms with E-state index in [0.717, 1.165) is 22.6 Å². The van der Waals surface area contributed by atoms with E-state index in [1.165, 1.54) is 7.05 Å². The molecule has 3 rings (SSSR count). The van der Waals surface area contributed by atoms with Crippen molar-refractivity contribution >= 4 is 21.6 Å². The molecule has 9 nitrogen and oxygen atoms in total. The molecule has 0 fully saturated rings. The molecule has 0 aliphatic carbocycles. The molecule has 0 saturated heterocycles. The third kappa shape index (κ3) is 5.05. The molecule has 0 aliphatic rings. The number of sulfonamides is 1. The number of rotatable bonds is 7. The third-order valence-electron chi connectivity index (χ3n) is 4.17. The monoisotopic (exact) mass is 401 g/mol. The standard InChI is InChI=1S/C18H23N7O2S/c1-19-18(22-12-17-24-23-16-5-3-4-10-25(16)17)21-11-14-6-8-15(9-7-14)13-28(26,27)20-2/h3-10,20H,11-13H2,1-2H3,(H2,19,21,22). The number of aliphatic imine (C=N–C) groups is 1. The topological polar surface area (TPSA) is 113 Å². The maximum atomic E-state index is 11.6. The van der Waals surface area contributed by atoms with Gasteiger partial charge in [0, 0.05) is 19.8 Å². The van der Waals surface area contributed by atoms with Crippen molar-refractivity contribution < 1.29 is 8.42 Å². The molecule has 0 amide bonds. The number of pyridine rings is 1. The number of benzene rings is 1. The molecule has 28 heavy (non-hydrogen) atoms. The second kappa shape index (κ2) is 8.81. The second-order valence-corrected chi connectivity index (χ2v) is 8.03. The highest BCUT2D eigenvalue weighted by Gasteiger charge is 2.09. The Balaban J connectivity index is 1.54. The van der Waals surface area contributed by atoms with Gasteiger partial charge in [-0.15, -0.1) is 10.2 Å². The van der Waals surface area contributed by atoms with E-state index in [9.17, 15) is 8.42 Å². The van der Waals surface area contributed by atoms with Crippen LogP contribution in [0.2, 0.25) is 0 Å². The van der Waals surface area contributed by atoms with Gasteiger partial charge in [-0.25, -0.2) is 13.1 Å². The van der Waals surface area contributed by atoms with Crippen molar-refractivity contribution in [1.29, 1.82) is 0 Å². The van der Waals surface area contributed by atoms with Crippen LogP contribution in [0, 0.1) is 0 Å². The lowest BCUT2D eigenvalue weighted by Crippen LogP contribution is -2.36. The van der Waals surface area contributed by atoms with Crippen LogP contribution in [0.1, 0.15) is 17.0 Å². The van der Waals surface area contributed by atoms with Gasteiger partial charge in [0.05, 0.1) is 12.3 Å². The molecule has 1 aromatic carbocycles. The van der Waals surface area contributed by atoms with Crippen LogP contribution in [0.15, 0.2) is 53.7 Å². The van der Waals surface area contributed by atoms with Crippen LogP contribution >= 0.6 is 0 Å². The zero-order valence-electron chi connectivity index (χ0n) is 15.8. The summed E-state index contributed by atoms with van der Waals surface area (Å²) in [5.41, 5.74) is 2.54. The normalized spacial score (nSPS) is 12.3. The average Bonchev–Trinajstić information content (AvgIpc) is 3.12. The van der Waals surface area contributed by atoms with Gasteiger partial charge in [0.1, 0.15) is 0 Å². The first kappa shape index (κ1) is 19.8. The van der Waals surface area contributed by atoms with Crippen LogP contribution in [-0.2, 0) is 28.9 Å². The molecule has 2 aromatic heterocycles. The zero-order valence-corrected chi connectivity index (χ0v) is 16.6. The highest BCUT2D eigenvalue weighted by molar-refractivity contribution is 7.88. The first-order valence-electron chi connectivity index (χ1n) is 8.73. The summed E-state index contributed by atoms with van der Waals surface area (Å²) in [4.78, 5) is 4.21. The number of hydrogen-bond donors (Lipinski definition) is 3. The second-order valence-electron chi connectivity index (χ2n) is 6.10. The summed E-state index contributed by atoms with van der Waals surface area (Å²) in [6.07, 6.45) is 1.92. The number of fused-ring (bicyclic) bond motifs is 1. The third-order valence-corrected chi connectivity index (χ3v) is 5.51.